The highest BCUT2D eigenvalue weighted by Gasteiger charge is 2.49. The summed E-state index contributed by atoms with van der Waals surface area (Å²) in [5.74, 6) is -0.437. The second-order valence-electron chi connectivity index (χ2n) is 7.40. The number of nitrogens with one attached hydrogen (secondary N) is 1. The topological polar surface area (TPSA) is 49.4 Å². The fourth-order valence-corrected chi connectivity index (χ4v) is 3.79. The van der Waals surface area contributed by atoms with E-state index >= 15 is 0 Å². The summed E-state index contributed by atoms with van der Waals surface area (Å²) in [5.41, 5.74) is -0.0409. The van der Waals surface area contributed by atoms with Gasteiger partial charge in [0.25, 0.3) is 0 Å². The molecule has 24 heavy (non-hydrogen) atoms. The molecule has 1 saturated heterocycles. The average Bonchev–Trinajstić information content (AvgIpc) is 2.54. The van der Waals surface area contributed by atoms with Crippen molar-refractivity contribution < 1.29 is 14.0 Å². The Hall–Kier alpha value is -1.91. The van der Waals surface area contributed by atoms with E-state index in [1.807, 2.05) is 0 Å². The molecule has 1 saturated carbocycles. The van der Waals surface area contributed by atoms with Gasteiger partial charge in [0, 0.05) is 6.04 Å². The van der Waals surface area contributed by atoms with Gasteiger partial charge in [0.05, 0.1) is 12.5 Å². The summed E-state index contributed by atoms with van der Waals surface area (Å²) >= 11 is 0. The van der Waals surface area contributed by atoms with Gasteiger partial charge in [0.2, 0.25) is 11.8 Å². The zero-order valence-electron chi connectivity index (χ0n) is 14.3. The molecule has 130 valence electrons. The molecule has 2 amide bonds. The van der Waals surface area contributed by atoms with Crippen LogP contribution in [0.3, 0.4) is 0 Å². The first-order valence-electron chi connectivity index (χ1n) is 8.78. The predicted molar refractivity (Wildman–Crippen MR) is 89.7 cm³/mol. The molecule has 1 heterocycles. The van der Waals surface area contributed by atoms with Crippen molar-refractivity contribution >= 4 is 11.8 Å². The molecule has 5 heteroatoms. The standard InChI is InChI=1S/C19H25FN2O2/c1-19(2,18(24)21-15-6-4-3-5-7-15)22-16(12-17(22)23)13-8-10-14(20)11-9-13/h8-11,15-16H,3-7,12H2,1-2H3,(H,21,24). The molecule has 0 bridgehead atoms. The molecule has 1 atom stereocenters. The molecule has 1 aromatic rings. The number of halogens is 1. The van der Waals surface area contributed by atoms with E-state index in [4.69, 9.17) is 0 Å². The molecule has 1 unspecified atom stereocenters. The molecule has 0 aromatic heterocycles. The van der Waals surface area contributed by atoms with Gasteiger partial charge in [-0.15, -0.1) is 0 Å². The number of rotatable bonds is 4. The van der Waals surface area contributed by atoms with E-state index in [9.17, 15) is 14.0 Å². The molecule has 1 aliphatic carbocycles. The van der Waals surface area contributed by atoms with Crippen LogP contribution in [0.5, 0.6) is 0 Å². The number of amides is 2. The van der Waals surface area contributed by atoms with Crippen molar-refractivity contribution in [3.63, 3.8) is 0 Å². The molecule has 0 radical (unpaired) electrons. The van der Waals surface area contributed by atoms with Gasteiger partial charge >= 0.3 is 0 Å². The maximum atomic E-state index is 13.1. The van der Waals surface area contributed by atoms with Crippen LogP contribution >= 0.6 is 0 Å². The summed E-state index contributed by atoms with van der Waals surface area (Å²) in [6.45, 7) is 3.58. The molecule has 2 aliphatic rings. The molecule has 3 rings (SSSR count). The number of benzene rings is 1. The van der Waals surface area contributed by atoms with Crippen LogP contribution in [0.4, 0.5) is 4.39 Å². The number of likely N-dealkylation sites (tertiary alicyclic amines) is 1. The summed E-state index contributed by atoms with van der Waals surface area (Å²) in [6, 6.07) is 6.22. The maximum Gasteiger partial charge on any atom is 0.245 e. The highest BCUT2D eigenvalue weighted by molar-refractivity contribution is 5.94. The van der Waals surface area contributed by atoms with E-state index in [2.05, 4.69) is 5.32 Å². The Kier molecular flexibility index (Phi) is 4.61. The van der Waals surface area contributed by atoms with E-state index in [0.29, 0.717) is 6.42 Å². The van der Waals surface area contributed by atoms with Crippen molar-refractivity contribution in [1.82, 2.24) is 10.2 Å². The number of hydrogen-bond donors (Lipinski definition) is 1. The fraction of sp³-hybridized carbons (Fsp3) is 0.579. The predicted octanol–water partition coefficient (Wildman–Crippen LogP) is 3.33. The first-order chi connectivity index (χ1) is 11.4. The van der Waals surface area contributed by atoms with Crippen LogP contribution in [-0.4, -0.2) is 28.3 Å². The Bertz CT molecular complexity index is 621. The third-order valence-corrected chi connectivity index (χ3v) is 5.30. The molecule has 1 aliphatic heterocycles. The van der Waals surface area contributed by atoms with Gasteiger partial charge in [-0.25, -0.2) is 4.39 Å². The largest absolute Gasteiger partial charge is 0.351 e. The first kappa shape index (κ1) is 16.9. The summed E-state index contributed by atoms with van der Waals surface area (Å²) < 4.78 is 13.1. The van der Waals surface area contributed by atoms with Crippen molar-refractivity contribution in [1.29, 1.82) is 0 Å². The monoisotopic (exact) mass is 332 g/mol. The Morgan fingerprint density at radius 2 is 1.79 bits per heavy atom. The second-order valence-corrected chi connectivity index (χ2v) is 7.40. The van der Waals surface area contributed by atoms with E-state index < -0.39 is 5.54 Å². The van der Waals surface area contributed by atoms with Crippen LogP contribution in [0.1, 0.15) is 64.0 Å². The number of β-lactam (4-membered cyclic amide) rings is 1. The molecule has 2 fully saturated rings. The lowest BCUT2D eigenvalue weighted by atomic mass is 9.85. The third-order valence-electron chi connectivity index (χ3n) is 5.30. The summed E-state index contributed by atoms with van der Waals surface area (Å²) in [5, 5.41) is 3.12. The van der Waals surface area contributed by atoms with E-state index in [1.165, 1.54) is 18.6 Å². The molecular formula is C19H25FN2O2. The Morgan fingerprint density at radius 1 is 1.17 bits per heavy atom. The van der Waals surface area contributed by atoms with Crippen LogP contribution in [-0.2, 0) is 9.59 Å². The zero-order chi connectivity index (χ0) is 17.3. The Balaban J connectivity index is 1.72. The van der Waals surface area contributed by atoms with E-state index in [-0.39, 0.29) is 29.7 Å². The summed E-state index contributed by atoms with van der Waals surface area (Å²) in [4.78, 5) is 26.6. The minimum absolute atomic E-state index is 0.0341. The van der Waals surface area contributed by atoms with Crippen molar-refractivity contribution in [3.8, 4) is 0 Å². The summed E-state index contributed by atoms with van der Waals surface area (Å²) in [6.07, 6.45) is 5.91. The number of hydrogen-bond acceptors (Lipinski definition) is 2. The van der Waals surface area contributed by atoms with Gasteiger partial charge in [0.15, 0.2) is 0 Å². The molecule has 1 N–H and O–H groups in total. The minimum Gasteiger partial charge on any atom is -0.351 e. The molecular weight excluding hydrogens is 307 g/mol. The zero-order valence-corrected chi connectivity index (χ0v) is 14.3. The van der Waals surface area contributed by atoms with Gasteiger partial charge in [-0.3, -0.25) is 9.59 Å². The summed E-state index contributed by atoms with van der Waals surface area (Å²) in [7, 11) is 0. The molecule has 1 aromatic carbocycles. The maximum absolute atomic E-state index is 13.1. The van der Waals surface area contributed by atoms with Crippen molar-refractivity contribution in [2.45, 2.75) is 70.0 Å². The van der Waals surface area contributed by atoms with E-state index in [0.717, 1.165) is 31.2 Å². The van der Waals surface area contributed by atoms with Crippen LogP contribution < -0.4 is 5.32 Å². The van der Waals surface area contributed by atoms with Gasteiger partial charge < -0.3 is 10.2 Å². The third kappa shape index (κ3) is 3.17. The normalized spacial score (nSPS) is 22.2. The lowest BCUT2D eigenvalue weighted by Gasteiger charge is -2.50. The highest BCUT2D eigenvalue weighted by atomic mass is 19.1. The minimum atomic E-state index is -0.911. The first-order valence-corrected chi connectivity index (χ1v) is 8.78. The number of carbonyl (C=O) groups is 2. The lowest BCUT2D eigenvalue weighted by Crippen LogP contribution is -2.64. The van der Waals surface area contributed by atoms with Gasteiger partial charge in [0.1, 0.15) is 11.4 Å². The van der Waals surface area contributed by atoms with Crippen molar-refractivity contribution in [3.05, 3.63) is 35.6 Å². The van der Waals surface area contributed by atoms with Gasteiger partial charge in [-0.1, -0.05) is 31.4 Å². The lowest BCUT2D eigenvalue weighted by molar-refractivity contribution is -0.162. The molecule has 4 nitrogen and oxygen atoms in total. The van der Waals surface area contributed by atoms with Crippen molar-refractivity contribution in [2.75, 3.05) is 0 Å². The van der Waals surface area contributed by atoms with Crippen LogP contribution in [0.25, 0.3) is 0 Å². The average molecular weight is 332 g/mol. The Morgan fingerprint density at radius 3 is 2.38 bits per heavy atom. The van der Waals surface area contributed by atoms with Crippen LogP contribution in [0, 0.1) is 5.82 Å². The van der Waals surface area contributed by atoms with E-state index in [1.54, 1.807) is 30.9 Å². The number of carbonyl (C=O) groups excluding carboxylic acids is 2. The van der Waals surface area contributed by atoms with Gasteiger partial charge in [-0.05, 0) is 44.4 Å². The fourth-order valence-electron chi connectivity index (χ4n) is 3.79. The molecule has 0 spiro atoms. The van der Waals surface area contributed by atoms with Crippen LogP contribution in [0.2, 0.25) is 0 Å². The van der Waals surface area contributed by atoms with Crippen molar-refractivity contribution in [2.24, 2.45) is 0 Å². The second kappa shape index (κ2) is 6.54. The Labute approximate surface area is 142 Å². The SMILES string of the molecule is CC(C)(C(=O)NC1CCCCC1)N1C(=O)CC1c1ccc(F)cc1. The highest BCUT2D eigenvalue weighted by Crippen LogP contribution is 2.40. The smallest absolute Gasteiger partial charge is 0.245 e. The number of nitrogens with zero attached hydrogens (tertiary/aromatic N) is 1. The van der Waals surface area contributed by atoms with Gasteiger partial charge in [-0.2, -0.15) is 0 Å². The van der Waals surface area contributed by atoms with Crippen LogP contribution in [0.15, 0.2) is 24.3 Å². The quantitative estimate of drug-likeness (QED) is 0.860.